The molecule has 2 aromatic carbocycles. The van der Waals surface area contributed by atoms with Crippen molar-refractivity contribution in [3.63, 3.8) is 0 Å². The minimum Gasteiger partial charge on any atom is -0.451 e. The summed E-state index contributed by atoms with van der Waals surface area (Å²) in [5, 5.41) is 3.99. The Kier molecular flexibility index (Phi) is 4.42. The molecule has 0 saturated carbocycles. The summed E-state index contributed by atoms with van der Waals surface area (Å²) in [6, 6.07) is 15.3. The Morgan fingerprint density at radius 2 is 2.00 bits per heavy atom. The molecular formula is C20H19N3O2S. The van der Waals surface area contributed by atoms with Crippen molar-refractivity contribution in [2.45, 2.75) is 18.7 Å². The second-order valence-corrected chi connectivity index (χ2v) is 7.04. The molecular weight excluding hydrogens is 346 g/mol. The van der Waals surface area contributed by atoms with Crippen LogP contribution in [0.15, 0.2) is 52.9 Å². The lowest BCUT2D eigenvalue weighted by molar-refractivity contribution is 0.0911. The average molecular weight is 365 g/mol. The van der Waals surface area contributed by atoms with Crippen molar-refractivity contribution in [2.75, 3.05) is 6.26 Å². The number of H-pyrrole nitrogens is 1. The van der Waals surface area contributed by atoms with E-state index in [9.17, 15) is 4.79 Å². The molecule has 26 heavy (non-hydrogen) atoms. The lowest BCUT2D eigenvalue weighted by Gasteiger charge is -2.11. The minimum absolute atomic E-state index is 0.224. The third-order valence-electron chi connectivity index (χ3n) is 4.36. The quantitative estimate of drug-likeness (QED) is 0.539. The molecule has 5 nitrogen and oxygen atoms in total. The number of para-hydroxylation sites is 3. The molecule has 0 aliphatic rings. The Morgan fingerprint density at radius 3 is 2.81 bits per heavy atom. The molecule has 4 rings (SSSR count). The number of benzene rings is 2. The molecule has 4 aromatic rings. The zero-order valence-corrected chi connectivity index (χ0v) is 15.4. The van der Waals surface area contributed by atoms with E-state index >= 15 is 0 Å². The molecule has 2 N–H and O–H groups in total. The summed E-state index contributed by atoms with van der Waals surface area (Å²) in [5.74, 6) is 1.60. The fourth-order valence-electron chi connectivity index (χ4n) is 3.08. The van der Waals surface area contributed by atoms with E-state index in [1.807, 2.05) is 61.7 Å². The van der Waals surface area contributed by atoms with Gasteiger partial charge < -0.3 is 14.7 Å². The summed E-state index contributed by atoms with van der Waals surface area (Å²) in [5.41, 5.74) is 3.51. The summed E-state index contributed by atoms with van der Waals surface area (Å²) >= 11 is 1.67. The molecule has 0 fully saturated rings. The second-order valence-electron chi connectivity index (χ2n) is 6.17. The number of rotatable bonds is 5. The van der Waals surface area contributed by atoms with Crippen LogP contribution < -0.4 is 5.32 Å². The van der Waals surface area contributed by atoms with Crippen LogP contribution in [0, 0.1) is 0 Å². The largest absolute Gasteiger partial charge is 0.451 e. The second kappa shape index (κ2) is 6.88. The Labute approximate surface area is 155 Å². The van der Waals surface area contributed by atoms with Crippen LogP contribution in [0.5, 0.6) is 0 Å². The molecule has 132 valence electrons. The van der Waals surface area contributed by atoms with Gasteiger partial charge >= 0.3 is 0 Å². The first kappa shape index (κ1) is 16.7. The predicted molar refractivity (Wildman–Crippen MR) is 105 cm³/mol. The van der Waals surface area contributed by atoms with Gasteiger partial charge in [-0.25, -0.2) is 4.98 Å². The summed E-state index contributed by atoms with van der Waals surface area (Å²) in [7, 11) is 0. The van der Waals surface area contributed by atoms with Crippen molar-refractivity contribution in [3.8, 4) is 0 Å². The van der Waals surface area contributed by atoms with Crippen molar-refractivity contribution in [2.24, 2.45) is 0 Å². The Morgan fingerprint density at radius 1 is 1.23 bits per heavy atom. The molecule has 0 radical (unpaired) electrons. The number of carbonyl (C=O) groups is 1. The van der Waals surface area contributed by atoms with Crippen molar-refractivity contribution in [1.82, 2.24) is 15.3 Å². The molecule has 0 unspecified atom stereocenters. The van der Waals surface area contributed by atoms with E-state index in [1.54, 1.807) is 11.8 Å². The lowest BCUT2D eigenvalue weighted by Crippen LogP contribution is -2.27. The Bertz CT molecular complexity index is 1050. The monoisotopic (exact) mass is 365 g/mol. The number of amides is 1. The molecule has 6 heteroatoms. The third-order valence-corrected chi connectivity index (χ3v) is 4.94. The van der Waals surface area contributed by atoms with Gasteiger partial charge in [0.25, 0.3) is 5.91 Å². The van der Waals surface area contributed by atoms with Gasteiger partial charge in [-0.2, -0.15) is 11.8 Å². The summed E-state index contributed by atoms with van der Waals surface area (Å²) in [6.07, 6.45) is 2.01. The van der Waals surface area contributed by atoms with Gasteiger partial charge in [0.05, 0.1) is 17.1 Å². The zero-order valence-electron chi connectivity index (χ0n) is 14.6. The molecule has 1 atom stereocenters. The number of aromatic amines is 1. The summed E-state index contributed by atoms with van der Waals surface area (Å²) < 4.78 is 5.85. The van der Waals surface area contributed by atoms with Crippen LogP contribution in [0.3, 0.4) is 0 Å². The SMILES string of the molecule is CSCc1c(C(=O)N[C@@H](C)c2nc3ccccc3[nH]2)oc2ccccc12. The number of imidazole rings is 1. The number of aromatic nitrogens is 2. The molecule has 2 aromatic heterocycles. The van der Waals surface area contributed by atoms with Crippen molar-refractivity contribution >= 4 is 39.7 Å². The van der Waals surface area contributed by atoms with Gasteiger partial charge in [-0.05, 0) is 31.4 Å². The zero-order chi connectivity index (χ0) is 18.1. The van der Waals surface area contributed by atoms with Gasteiger partial charge in [0.1, 0.15) is 11.4 Å². The smallest absolute Gasteiger partial charge is 0.287 e. The molecule has 0 aliphatic carbocycles. The van der Waals surface area contributed by atoms with E-state index in [2.05, 4.69) is 15.3 Å². The van der Waals surface area contributed by atoms with E-state index in [0.717, 1.165) is 39.1 Å². The first-order chi connectivity index (χ1) is 12.7. The number of carbonyl (C=O) groups excluding carboxylic acids is 1. The van der Waals surface area contributed by atoms with Crippen LogP contribution >= 0.6 is 11.8 Å². The highest BCUT2D eigenvalue weighted by molar-refractivity contribution is 7.97. The Balaban J connectivity index is 1.63. The molecule has 0 bridgehead atoms. The van der Waals surface area contributed by atoms with Gasteiger partial charge in [0.15, 0.2) is 5.76 Å². The Hall–Kier alpha value is -2.73. The first-order valence-electron chi connectivity index (χ1n) is 8.42. The van der Waals surface area contributed by atoms with E-state index in [0.29, 0.717) is 5.76 Å². The van der Waals surface area contributed by atoms with Gasteiger partial charge in [-0.1, -0.05) is 30.3 Å². The van der Waals surface area contributed by atoms with Crippen molar-refractivity contribution < 1.29 is 9.21 Å². The maximum Gasteiger partial charge on any atom is 0.287 e. The highest BCUT2D eigenvalue weighted by Gasteiger charge is 2.22. The van der Waals surface area contributed by atoms with Crippen molar-refractivity contribution in [1.29, 1.82) is 0 Å². The minimum atomic E-state index is -0.259. The normalized spacial score (nSPS) is 12.5. The average Bonchev–Trinajstić information content (AvgIpc) is 3.24. The van der Waals surface area contributed by atoms with Crippen LogP contribution in [-0.2, 0) is 5.75 Å². The lowest BCUT2D eigenvalue weighted by atomic mass is 10.1. The molecule has 1 amide bonds. The standard InChI is InChI=1S/C20H19N3O2S/c1-12(19-22-15-8-4-5-9-16(15)23-19)21-20(24)18-14(11-26-2)13-7-3-6-10-17(13)25-18/h3-10,12H,11H2,1-2H3,(H,21,24)(H,22,23)/t12-/m0/s1. The van der Waals surface area contributed by atoms with Crippen LogP contribution in [0.2, 0.25) is 0 Å². The number of hydrogen-bond acceptors (Lipinski definition) is 4. The maximum atomic E-state index is 12.9. The van der Waals surface area contributed by atoms with Crippen molar-refractivity contribution in [3.05, 3.63) is 65.7 Å². The highest BCUT2D eigenvalue weighted by Crippen LogP contribution is 2.29. The van der Waals surface area contributed by atoms with Gasteiger partial charge in [0, 0.05) is 16.7 Å². The van der Waals surface area contributed by atoms with Crippen LogP contribution in [0.25, 0.3) is 22.0 Å². The summed E-state index contributed by atoms with van der Waals surface area (Å²) in [6.45, 7) is 1.91. The van der Waals surface area contributed by atoms with Crippen LogP contribution in [-0.4, -0.2) is 22.1 Å². The third kappa shape index (κ3) is 2.97. The highest BCUT2D eigenvalue weighted by atomic mass is 32.2. The van der Waals surface area contributed by atoms with E-state index in [-0.39, 0.29) is 11.9 Å². The fraction of sp³-hybridized carbons (Fsp3) is 0.200. The van der Waals surface area contributed by atoms with Gasteiger partial charge in [-0.15, -0.1) is 0 Å². The van der Waals surface area contributed by atoms with Crippen LogP contribution in [0.1, 0.15) is 34.9 Å². The molecule has 2 heterocycles. The number of thioether (sulfide) groups is 1. The summed E-state index contributed by atoms with van der Waals surface area (Å²) in [4.78, 5) is 20.7. The number of hydrogen-bond donors (Lipinski definition) is 2. The molecule has 0 spiro atoms. The predicted octanol–water partition coefficient (Wildman–Crippen LogP) is 4.66. The maximum absolute atomic E-state index is 12.9. The van der Waals surface area contributed by atoms with Gasteiger partial charge in [-0.3, -0.25) is 4.79 Å². The number of furan rings is 1. The topological polar surface area (TPSA) is 70.9 Å². The number of nitrogens with zero attached hydrogens (tertiary/aromatic N) is 1. The fourth-order valence-corrected chi connectivity index (χ4v) is 3.65. The molecule has 0 saturated heterocycles. The molecule has 0 aliphatic heterocycles. The number of fused-ring (bicyclic) bond motifs is 2. The van der Waals surface area contributed by atoms with E-state index < -0.39 is 0 Å². The number of nitrogens with one attached hydrogen (secondary N) is 2. The van der Waals surface area contributed by atoms with E-state index in [1.165, 1.54) is 0 Å². The first-order valence-corrected chi connectivity index (χ1v) is 9.81. The van der Waals surface area contributed by atoms with Gasteiger partial charge in [0.2, 0.25) is 0 Å². The van der Waals surface area contributed by atoms with E-state index in [4.69, 9.17) is 4.42 Å². The van der Waals surface area contributed by atoms with Crippen LogP contribution in [0.4, 0.5) is 0 Å².